The van der Waals surface area contributed by atoms with Crippen molar-refractivity contribution in [2.24, 2.45) is 0 Å². The molecule has 2 rings (SSSR count). The van der Waals surface area contributed by atoms with Crippen LogP contribution in [0.3, 0.4) is 0 Å². The summed E-state index contributed by atoms with van der Waals surface area (Å²) >= 11 is 0. The molecule has 2 aromatic carbocycles. The van der Waals surface area contributed by atoms with Crippen molar-refractivity contribution in [2.45, 2.75) is 18.7 Å². The van der Waals surface area contributed by atoms with Crippen LogP contribution in [0.25, 0.3) is 0 Å². The van der Waals surface area contributed by atoms with Gasteiger partial charge >= 0.3 is 0 Å². The van der Waals surface area contributed by atoms with Gasteiger partial charge in [0.1, 0.15) is 0 Å². The van der Waals surface area contributed by atoms with Gasteiger partial charge in [-0.15, -0.1) is 0 Å². The first kappa shape index (κ1) is 21.6. The molecule has 7 nitrogen and oxygen atoms in total. The molecule has 1 amide bonds. The Balaban J connectivity index is 2.07. The normalized spacial score (nSPS) is 11.1. The van der Waals surface area contributed by atoms with E-state index in [0.29, 0.717) is 19.0 Å². The minimum absolute atomic E-state index is 0.00259. The Morgan fingerprint density at radius 1 is 0.964 bits per heavy atom. The Labute approximate surface area is 161 Å². The second kappa shape index (κ2) is 9.47. The molecule has 0 aliphatic heterocycles. The molecule has 10 heteroatoms. The lowest BCUT2D eigenvalue weighted by atomic mass is 10.3. The SMILES string of the molecule is CCOc1ccc(S(=O)(=O)NCC(=O)Nc2ccc(F)c(F)c2)cc1OCC. The minimum atomic E-state index is -4.02. The van der Waals surface area contributed by atoms with Gasteiger partial charge in [-0.2, -0.15) is 0 Å². The highest BCUT2D eigenvalue weighted by molar-refractivity contribution is 7.89. The van der Waals surface area contributed by atoms with Crippen molar-refractivity contribution in [1.29, 1.82) is 0 Å². The molecule has 0 unspecified atom stereocenters. The van der Waals surface area contributed by atoms with Crippen LogP contribution in [0.5, 0.6) is 11.5 Å². The van der Waals surface area contributed by atoms with E-state index in [1.807, 2.05) is 0 Å². The van der Waals surface area contributed by atoms with Crippen molar-refractivity contribution in [3.05, 3.63) is 48.0 Å². The van der Waals surface area contributed by atoms with Crippen molar-refractivity contribution in [1.82, 2.24) is 4.72 Å². The van der Waals surface area contributed by atoms with Crippen molar-refractivity contribution in [2.75, 3.05) is 25.1 Å². The predicted molar refractivity (Wildman–Crippen MR) is 99.0 cm³/mol. The van der Waals surface area contributed by atoms with Gasteiger partial charge in [-0.1, -0.05) is 0 Å². The molecular weight excluding hydrogens is 394 g/mol. The minimum Gasteiger partial charge on any atom is -0.490 e. The average Bonchev–Trinajstić information content (AvgIpc) is 2.65. The van der Waals surface area contributed by atoms with E-state index in [4.69, 9.17) is 9.47 Å². The van der Waals surface area contributed by atoms with Crippen LogP contribution in [0.4, 0.5) is 14.5 Å². The third-order valence-electron chi connectivity index (χ3n) is 3.45. The van der Waals surface area contributed by atoms with Crippen molar-refractivity contribution < 1.29 is 31.5 Å². The van der Waals surface area contributed by atoms with Crippen LogP contribution in [0.1, 0.15) is 13.8 Å². The van der Waals surface area contributed by atoms with E-state index >= 15 is 0 Å². The molecule has 0 atom stereocenters. The number of hydrogen-bond donors (Lipinski definition) is 2. The van der Waals surface area contributed by atoms with Gasteiger partial charge in [0.15, 0.2) is 23.1 Å². The summed E-state index contributed by atoms with van der Waals surface area (Å²) in [5, 5.41) is 2.27. The summed E-state index contributed by atoms with van der Waals surface area (Å²) in [7, 11) is -4.02. The number of ether oxygens (including phenoxy) is 2. The largest absolute Gasteiger partial charge is 0.490 e. The van der Waals surface area contributed by atoms with Gasteiger partial charge in [0, 0.05) is 17.8 Å². The molecule has 0 aliphatic rings. The van der Waals surface area contributed by atoms with Crippen LogP contribution < -0.4 is 19.5 Å². The van der Waals surface area contributed by atoms with Gasteiger partial charge in [0.25, 0.3) is 0 Å². The molecule has 0 spiro atoms. The second-order valence-corrected chi connectivity index (χ2v) is 7.24. The maximum atomic E-state index is 13.2. The molecule has 0 saturated carbocycles. The monoisotopic (exact) mass is 414 g/mol. The molecule has 0 radical (unpaired) electrons. The van der Waals surface area contributed by atoms with E-state index in [9.17, 15) is 22.0 Å². The Morgan fingerprint density at radius 3 is 2.29 bits per heavy atom. The molecule has 28 heavy (non-hydrogen) atoms. The number of sulfonamides is 1. The standard InChI is InChI=1S/C18H20F2N2O5S/c1-3-26-16-8-6-13(10-17(16)27-4-2)28(24,25)21-11-18(23)22-12-5-7-14(19)15(20)9-12/h5-10,21H,3-4,11H2,1-2H3,(H,22,23). The summed E-state index contributed by atoms with van der Waals surface area (Å²) in [5.74, 6) is -2.26. The zero-order valence-electron chi connectivity index (χ0n) is 15.3. The number of halogens is 2. The van der Waals surface area contributed by atoms with E-state index < -0.39 is 34.1 Å². The number of carbonyl (C=O) groups is 1. The van der Waals surface area contributed by atoms with Crippen LogP contribution in [0, 0.1) is 11.6 Å². The summed E-state index contributed by atoms with van der Waals surface area (Å²) < 4.78 is 63.8. The smallest absolute Gasteiger partial charge is 0.241 e. The Kier molecular flexibility index (Phi) is 7.30. The molecule has 2 N–H and O–H groups in total. The summed E-state index contributed by atoms with van der Waals surface area (Å²) in [6.07, 6.45) is 0. The first-order valence-corrected chi connectivity index (χ1v) is 9.89. The first-order valence-electron chi connectivity index (χ1n) is 8.41. The van der Waals surface area contributed by atoms with E-state index in [0.717, 1.165) is 18.2 Å². The van der Waals surface area contributed by atoms with E-state index in [-0.39, 0.29) is 16.3 Å². The Bertz CT molecular complexity index is 951. The topological polar surface area (TPSA) is 93.7 Å². The molecule has 0 fully saturated rings. The molecule has 0 aromatic heterocycles. The lowest BCUT2D eigenvalue weighted by Crippen LogP contribution is -2.33. The van der Waals surface area contributed by atoms with Gasteiger partial charge < -0.3 is 14.8 Å². The van der Waals surface area contributed by atoms with Crippen LogP contribution in [-0.2, 0) is 14.8 Å². The van der Waals surface area contributed by atoms with Gasteiger partial charge in [-0.25, -0.2) is 21.9 Å². The van der Waals surface area contributed by atoms with Crippen molar-refractivity contribution in [3.63, 3.8) is 0 Å². The predicted octanol–water partition coefficient (Wildman–Crippen LogP) is 2.68. The number of hydrogen-bond acceptors (Lipinski definition) is 5. The fourth-order valence-corrected chi connectivity index (χ4v) is 3.22. The lowest BCUT2D eigenvalue weighted by molar-refractivity contribution is -0.115. The molecule has 0 heterocycles. The van der Waals surface area contributed by atoms with Crippen LogP contribution in [-0.4, -0.2) is 34.1 Å². The molecule has 0 saturated heterocycles. The zero-order valence-corrected chi connectivity index (χ0v) is 16.1. The average molecular weight is 414 g/mol. The fourth-order valence-electron chi connectivity index (χ4n) is 2.22. The molecule has 0 bridgehead atoms. The van der Waals surface area contributed by atoms with E-state index in [1.165, 1.54) is 18.2 Å². The Hall–Kier alpha value is -2.72. The first-order chi connectivity index (χ1) is 13.3. The fraction of sp³-hybridized carbons (Fsp3) is 0.278. The van der Waals surface area contributed by atoms with E-state index in [1.54, 1.807) is 13.8 Å². The summed E-state index contributed by atoms with van der Waals surface area (Å²) in [6.45, 7) is 3.63. The maximum Gasteiger partial charge on any atom is 0.241 e. The summed E-state index contributed by atoms with van der Waals surface area (Å²) in [6, 6.07) is 6.89. The van der Waals surface area contributed by atoms with E-state index in [2.05, 4.69) is 10.0 Å². The third kappa shape index (κ3) is 5.64. The summed E-state index contributed by atoms with van der Waals surface area (Å²) in [4.78, 5) is 11.8. The number of nitrogens with one attached hydrogen (secondary N) is 2. The summed E-state index contributed by atoms with van der Waals surface area (Å²) in [5.41, 5.74) is 0.00259. The number of anilines is 1. The van der Waals surface area contributed by atoms with Crippen molar-refractivity contribution in [3.8, 4) is 11.5 Å². The third-order valence-corrected chi connectivity index (χ3v) is 4.85. The molecule has 2 aromatic rings. The second-order valence-electron chi connectivity index (χ2n) is 5.48. The molecule has 0 aliphatic carbocycles. The molecule has 152 valence electrons. The van der Waals surface area contributed by atoms with Gasteiger partial charge in [0.2, 0.25) is 15.9 Å². The van der Waals surface area contributed by atoms with Gasteiger partial charge in [-0.3, -0.25) is 4.79 Å². The van der Waals surface area contributed by atoms with Crippen LogP contribution >= 0.6 is 0 Å². The highest BCUT2D eigenvalue weighted by atomic mass is 32.2. The zero-order chi connectivity index (χ0) is 20.7. The Morgan fingerprint density at radius 2 is 1.64 bits per heavy atom. The number of benzene rings is 2. The van der Waals surface area contributed by atoms with Crippen LogP contribution in [0.2, 0.25) is 0 Å². The lowest BCUT2D eigenvalue weighted by Gasteiger charge is -2.13. The maximum absolute atomic E-state index is 13.2. The highest BCUT2D eigenvalue weighted by Gasteiger charge is 2.18. The number of amides is 1. The molecular formula is C18H20F2N2O5S. The highest BCUT2D eigenvalue weighted by Crippen LogP contribution is 2.30. The van der Waals surface area contributed by atoms with Crippen LogP contribution in [0.15, 0.2) is 41.3 Å². The van der Waals surface area contributed by atoms with Gasteiger partial charge in [0.05, 0.1) is 24.7 Å². The quantitative estimate of drug-likeness (QED) is 0.658. The van der Waals surface area contributed by atoms with Gasteiger partial charge in [-0.05, 0) is 38.1 Å². The van der Waals surface area contributed by atoms with Crippen molar-refractivity contribution >= 4 is 21.6 Å². The number of rotatable bonds is 9. The number of carbonyl (C=O) groups excluding carboxylic acids is 1.